The van der Waals surface area contributed by atoms with Crippen LogP contribution in [0.1, 0.15) is 17.7 Å². The Labute approximate surface area is 226 Å². The predicted molar refractivity (Wildman–Crippen MR) is 146 cm³/mol. The number of methoxy groups -OCH3 is 1. The molecule has 0 radical (unpaired) electrons. The minimum Gasteiger partial charge on any atom is -0.495 e. The van der Waals surface area contributed by atoms with Gasteiger partial charge in [0.15, 0.2) is 6.10 Å². The van der Waals surface area contributed by atoms with E-state index in [9.17, 15) is 9.59 Å². The van der Waals surface area contributed by atoms with Gasteiger partial charge in [-0.05, 0) is 62.1 Å². The lowest BCUT2D eigenvalue weighted by Crippen LogP contribution is -2.45. The van der Waals surface area contributed by atoms with Crippen LogP contribution < -0.4 is 14.4 Å². The van der Waals surface area contributed by atoms with E-state index < -0.39 is 17.3 Å². The maximum atomic E-state index is 14.0. The number of rotatable bonds is 8. The van der Waals surface area contributed by atoms with Crippen molar-refractivity contribution in [3.05, 3.63) is 77.3 Å². The predicted octanol–water partition coefficient (Wildman–Crippen LogP) is 5.81. The molecule has 1 heterocycles. The van der Waals surface area contributed by atoms with Crippen molar-refractivity contribution in [3.8, 4) is 17.2 Å². The molecule has 194 valence electrons. The zero-order valence-corrected chi connectivity index (χ0v) is 22.7. The van der Waals surface area contributed by atoms with Crippen molar-refractivity contribution in [3.63, 3.8) is 0 Å². The Morgan fingerprint density at radius 2 is 1.81 bits per heavy atom. The number of carbonyl (C=O) groups is 2. The minimum atomic E-state index is -1.06. The number of esters is 1. The van der Waals surface area contributed by atoms with E-state index in [4.69, 9.17) is 25.8 Å². The second kappa shape index (κ2) is 11.9. The van der Waals surface area contributed by atoms with Crippen molar-refractivity contribution in [1.29, 1.82) is 0 Å². The second-order valence-electron chi connectivity index (χ2n) is 8.80. The summed E-state index contributed by atoms with van der Waals surface area (Å²) in [5.74, 6) is 1.03. The molecule has 3 aromatic rings. The summed E-state index contributed by atoms with van der Waals surface area (Å²) >= 11 is 7.88. The Bertz CT molecular complexity index is 1270. The van der Waals surface area contributed by atoms with Crippen molar-refractivity contribution < 1.29 is 23.8 Å². The first-order valence-electron chi connectivity index (χ1n) is 11.8. The molecular formula is C28H29ClN2O5S. The Hall–Kier alpha value is -3.20. The summed E-state index contributed by atoms with van der Waals surface area (Å²) in [5, 5.41) is -0.139. The first-order chi connectivity index (χ1) is 17.8. The van der Waals surface area contributed by atoms with E-state index in [-0.39, 0.29) is 5.91 Å². The molecule has 0 unspecified atom stereocenters. The fourth-order valence-electron chi connectivity index (χ4n) is 4.02. The van der Waals surface area contributed by atoms with Crippen LogP contribution in [-0.4, -0.2) is 57.2 Å². The lowest BCUT2D eigenvalue weighted by molar-refractivity contribution is -0.152. The third-order valence-corrected chi connectivity index (χ3v) is 7.46. The number of hydrogen-bond donors (Lipinski definition) is 0. The van der Waals surface area contributed by atoms with Crippen LogP contribution in [-0.2, 0) is 14.3 Å². The lowest BCUT2D eigenvalue weighted by Gasteiger charge is -2.28. The molecule has 0 fully saturated rings. The number of nitrogens with zero attached hydrogens (tertiary/aromatic N) is 2. The molecule has 4 rings (SSSR count). The number of para-hydroxylation sites is 1. The highest BCUT2D eigenvalue weighted by Gasteiger charge is 2.41. The molecule has 0 aromatic heterocycles. The van der Waals surface area contributed by atoms with Gasteiger partial charge in [0.25, 0.3) is 5.91 Å². The summed E-state index contributed by atoms with van der Waals surface area (Å²) in [6.07, 6.45) is -1.06. The molecule has 9 heteroatoms. The monoisotopic (exact) mass is 540 g/mol. The molecule has 1 aliphatic heterocycles. The van der Waals surface area contributed by atoms with Crippen LogP contribution in [0.3, 0.4) is 0 Å². The number of halogens is 1. The molecule has 1 aliphatic rings. The quantitative estimate of drug-likeness (QED) is 0.334. The Balaban J connectivity index is 1.81. The highest BCUT2D eigenvalue weighted by Crippen LogP contribution is 2.49. The third kappa shape index (κ3) is 6.39. The van der Waals surface area contributed by atoms with Crippen LogP contribution in [0, 0.1) is 0 Å². The maximum absolute atomic E-state index is 14.0. The van der Waals surface area contributed by atoms with Crippen LogP contribution in [0.5, 0.6) is 17.2 Å². The third-order valence-electron chi connectivity index (χ3n) is 5.81. The molecule has 1 amide bonds. The fourth-order valence-corrected chi connectivity index (χ4v) is 5.63. The molecule has 2 atom stereocenters. The van der Waals surface area contributed by atoms with E-state index in [1.807, 2.05) is 73.6 Å². The number of carbonyl (C=O) groups excluding carboxylic acids is 2. The zero-order valence-electron chi connectivity index (χ0n) is 21.1. The average Bonchev–Trinajstić information content (AvgIpc) is 2.97. The molecule has 0 bridgehead atoms. The summed E-state index contributed by atoms with van der Waals surface area (Å²) < 4.78 is 17.1. The molecule has 3 aromatic carbocycles. The number of anilines is 1. The lowest BCUT2D eigenvalue weighted by atomic mass is 10.1. The van der Waals surface area contributed by atoms with Crippen molar-refractivity contribution in [2.24, 2.45) is 0 Å². The molecule has 0 N–H and O–H groups in total. The topological polar surface area (TPSA) is 68.3 Å². The highest BCUT2D eigenvalue weighted by molar-refractivity contribution is 7.99. The van der Waals surface area contributed by atoms with Gasteiger partial charge in [0.2, 0.25) is 0 Å². The maximum Gasteiger partial charge on any atom is 0.303 e. The number of benzene rings is 3. The van der Waals surface area contributed by atoms with Gasteiger partial charge in [0.1, 0.15) is 17.2 Å². The van der Waals surface area contributed by atoms with Crippen molar-refractivity contribution in [2.75, 3.05) is 39.2 Å². The van der Waals surface area contributed by atoms with Gasteiger partial charge >= 0.3 is 5.97 Å². The van der Waals surface area contributed by atoms with Gasteiger partial charge < -0.3 is 24.0 Å². The molecule has 0 spiro atoms. The molecule has 7 nitrogen and oxygen atoms in total. The Kier molecular flexibility index (Phi) is 8.63. The van der Waals surface area contributed by atoms with E-state index in [1.54, 1.807) is 24.1 Å². The molecule has 0 aliphatic carbocycles. The molecule has 0 saturated carbocycles. The molecule has 37 heavy (non-hydrogen) atoms. The van der Waals surface area contributed by atoms with Crippen LogP contribution in [0.4, 0.5) is 5.69 Å². The van der Waals surface area contributed by atoms with Gasteiger partial charge in [-0.25, -0.2) is 0 Å². The standard InChI is InChI=1S/C28H29ClN2O5S/c1-18(32)35-26-27(19-10-13-24(34-4)22(29)16-19)37-25-17-21(36-20-8-6-5-7-9-20)11-12-23(25)31(28(26)33)15-14-30(2)3/h5-13,16-17,26-27H,14-15H2,1-4H3/t26-,27+/m1/s1. The second-order valence-corrected chi connectivity index (χ2v) is 10.4. The van der Waals surface area contributed by atoms with Crippen LogP contribution in [0.2, 0.25) is 5.02 Å². The number of thioether (sulfide) groups is 1. The van der Waals surface area contributed by atoms with Crippen LogP contribution >= 0.6 is 23.4 Å². The fraction of sp³-hybridized carbons (Fsp3) is 0.286. The van der Waals surface area contributed by atoms with Gasteiger partial charge in [-0.3, -0.25) is 9.59 Å². The van der Waals surface area contributed by atoms with Crippen molar-refractivity contribution in [1.82, 2.24) is 4.90 Å². The Morgan fingerprint density at radius 1 is 1.05 bits per heavy atom. The average molecular weight is 541 g/mol. The van der Waals surface area contributed by atoms with Crippen molar-refractivity contribution in [2.45, 2.75) is 23.2 Å². The van der Waals surface area contributed by atoms with Gasteiger partial charge in [0.05, 0.1) is 23.1 Å². The minimum absolute atomic E-state index is 0.294. The number of hydrogen-bond acceptors (Lipinski definition) is 7. The zero-order chi connectivity index (χ0) is 26.5. The van der Waals surface area contributed by atoms with Gasteiger partial charge in [-0.15, -0.1) is 11.8 Å². The normalized spacial score (nSPS) is 17.2. The smallest absolute Gasteiger partial charge is 0.303 e. The van der Waals surface area contributed by atoms with Gasteiger partial charge in [-0.1, -0.05) is 35.9 Å². The van der Waals surface area contributed by atoms with Gasteiger partial charge in [0, 0.05) is 24.9 Å². The van der Waals surface area contributed by atoms with E-state index in [2.05, 4.69) is 0 Å². The number of fused-ring (bicyclic) bond motifs is 1. The van der Waals surface area contributed by atoms with E-state index >= 15 is 0 Å². The first-order valence-corrected chi connectivity index (χ1v) is 13.0. The molecular weight excluding hydrogens is 512 g/mol. The van der Waals surface area contributed by atoms with Gasteiger partial charge in [-0.2, -0.15) is 0 Å². The molecule has 0 saturated heterocycles. The largest absolute Gasteiger partial charge is 0.495 e. The van der Waals surface area contributed by atoms with Crippen molar-refractivity contribution >= 4 is 40.9 Å². The summed E-state index contributed by atoms with van der Waals surface area (Å²) in [6.45, 7) is 2.36. The van der Waals surface area contributed by atoms with E-state index in [0.29, 0.717) is 35.4 Å². The van der Waals surface area contributed by atoms with E-state index in [1.165, 1.54) is 18.7 Å². The van der Waals surface area contributed by atoms with Crippen LogP contribution in [0.25, 0.3) is 0 Å². The number of amides is 1. The number of ether oxygens (including phenoxy) is 3. The van der Waals surface area contributed by atoms with E-state index in [0.717, 1.165) is 16.1 Å². The number of likely N-dealkylation sites (N-methyl/N-ethyl adjacent to an activating group) is 1. The summed E-state index contributed by atoms with van der Waals surface area (Å²) in [4.78, 5) is 30.6. The van der Waals surface area contributed by atoms with Crippen LogP contribution in [0.15, 0.2) is 71.6 Å². The summed E-state index contributed by atoms with van der Waals surface area (Å²) in [6, 6.07) is 20.5. The summed E-state index contributed by atoms with van der Waals surface area (Å²) in [5.41, 5.74) is 1.47. The first kappa shape index (κ1) is 26.9. The SMILES string of the molecule is COc1ccc([C@@H]2Sc3cc(Oc4ccccc4)ccc3N(CCN(C)C)C(=O)[C@@H]2OC(C)=O)cc1Cl. The highest BCUT2D eigenvalue weighted by atomic mass is 35.5. The summed E-state index contributed by atoms with van der Waals surface area (Å²) in [7, 11) is 5.43. The Morgan fingerprint density at radius 3 is 2.46 bits per heavy atom.